The van der Waals surface area contributed by atoms with Crippen molar-refractivity contribution in [3.8, 4) is 35.4 Å². The lowest BCUT2D eigenvalue weighted by Gasteiger charge is -2.36. The number of carbonyl (C=O) groups excluding carboxylic acids is 5. The third-order valence-electron chi connectivity index (χ3n) is 14.2. The van der Waals surface area contributed by atoms with E-state index >= 15 is 8.78 Å². The number of unbranched alkanes of at least 4 members (excludes halogenated alkanes) is 2. The van der Waals surface area contributed by atoms with Crippen molar-refractivity contribution < 1.29 is 51.7 Å². The number of nitrogens with one attached hydrogen (secondary N) is 3. The molecule has 1 saturated carbocycles. The number of terminal acetylenes is 1. The van der Waals surface area contributed by atoms with Gasteiger partial charge in [-0.1, -0.05) is 37.8 Å². The highest BCUT2D eigenvalue weighted by Crippen LogP contribution is 2.47. The van der Waals surface area contributed by atoms with Crippen LogP contribution in [0.1, 0.15) is 105 Å². The zero-order chi connectivity index (χ0) is 54.6. The Bertz CT molecular complexity index is 3150. The van der Waals surface area contributed by atoms with Crippen molar-refractivity contribution >= 4 is 62.9 Å². The molecule has 1 atom stereocenters. The van der Waals surface area contributed by atoms with Gasteiger partial charge in [0.05, 0.1) is 28.7 Å². The maximum atomic E-state index is 17.5. The standard InChI is InChI=1S/C56H64F2N10O9/c1-7-9-10-23-67(54(73)77-55(3,4)5)64-49-39-30-60-47(38-29-35(76-33-74-6)28-34-15-16-40(57)36(8-2)44(34)38)46(58)48(39)62-53(63-49)75-32-56(19-20-56)31-66-26-24-65(25-27-66)22-12-21-59-41-14-11-13-37-45(41)52(72)68(51(37)71)42-17-18-43(69)61-50(42)70/h2,11,13-16,28-30,42,59H,7,9-10,12,17-27,31-33H2,1,3-6H3,(H,61,69,70)(H,62,63,64). The van der Waals surface area contributed by atoms with Gasteiger partial charge in [0.25, 0.3) is 11.8 Å². The van der Waals surface area contributed by atoms with Crippen molar-refractivity contribution in [2.24, 2.45) is 5.41 Å². The number of imide groups is 2. The Morgan fingerprint density at radius 1 is 0.974 bits per heavy atom. The highest BCUT2D eigenvalue weighted by molar-refractivity contribution is 6.25. The molecule has 77 heavy (non-hydrogen) atoms. The number of amides is 5. The van der Waals surface area contributed by atoms with E-state index in [9.17, 15) is 24.0 Å². The number of halogens is 2. The summed E-state index contributed by atoms with van der Waals surface area (Å²) in [5.74, 6) is -0.918. The molecular formula is C56H64F2N10O9. The number of ether oxygens (including phenoxy) is 4. The van der Waals surface area contributed by atoms with Gasteiger partial charge in [-0.15, -0.1) is 6.42 Å². The van der Waals surface area contributed by atoms with Crippen LogP contribution in [-0.2, 0) is 19.1 Å². The normalized spacial score (nSPS) is 17.5. The third-order valence-corrected chi connectivity index (χ3v) is 14.2. The minimum atomic E-state index is -1.04. The molecule has 1 aliphatic carbocycles. The number of benzene rings is 3. The van der Waals surface area contributed by atoms with Crippen LogP contribution >= 0.6 is 0 Å². The number of hydrogen-bond acceptors (Lipinski definition) is 16. The van der Waals surface area contributed by atoms with Crippen molar-refractivity contribution in [1.29, 1.82) is 0 Å². The minimum absolute atomic E-state index is 0.0486. The number of nitrogens with zero attached hydrogens (tertiary/aromatic N) is 7. The monoisotopic (exact) mass is 1060 g/mol. The fourth-order valence-electron chi connectivity index (χ4n) is 10.1. The molecule has 406 valence electrons. The third kappa shape index (κ3) is 12.0. The summed E-state index contributed by atoms with van der Waals surface area (Å²) >= 11 is 0. The zero-order valence-electron chi connectivity index (χ0n) is 44.1. The molecule has 9 rings (SSSR count). The van der Waals surface area contributed by atoms with Crippen molar-refractivity contribution in [2.45, 2.75) is 90.7 Å². The Hall–Kier alpha value is -7.54. The molecule has 19 nitrogen and oxygen atoms in total. The molecule has 5 amide bonds. The van der Waals surface area contributed by atoms with Crippen LogP contribution in [0.15, 0.2) is 48.7 Å². The van der Waals surface area contributed by atoms with Crippen LogP contribution in [0, 0.1) is 29.4 Å². The molecule has 5 heterocycles. The maximum absolute atomic E-state index is 17.5. The van der Waals surface area contributed by atoms with Gasteiger partial charge >= 0.3 is 12.1 Å². The Morgan fingerprint density at radius 3 is 2.47 bits per heavy atom. The number of hydrazine groups is 1. The predicted molar refractivity (Wildman–Crippen MR) is 283 cm³/mol. The van der Waals surface area contributed by atoms with Crippen LogP contribution in [0.4, 0.5) is 25.1 Å². The zero-order valence-corrected chi connectivity index (χ0v) is 44.1. The molecule has 0 spiro atoms. The lowest BCUT2D eigenvalue weighted by atomic mass is 9.95. The quantitative estimate of drug-likeness (QED) is 0.0213. The Morgan fingerprint density at radius 2 is 1.75 bits per heavy atom. The van der Waals surface area contributed by atoms with Gasteiger partial charge in [-0.25, -0.2) is 18.6 Å². The van der Waals surface area contributed by atoms with Crippen LogP contribution in [0.25, 0.3) is 32.9 Å². The molecule has 0 bridgehead atoms. The van der Waals surface area contributed by atoms with E-state index in [0.717, 1.165) is 76.3 Å². The summed E-state index contributed by atoms with van der Waals surface area (Å²) in [6, 6.07) is 9.82. The van der Waals surface area contributed by atoms with Crippen LogP contribution in [0.5, 0.6) is 11.8 Å². The van der Waals surface area contributed by atoms with Gasteiger partial charge in [0, 0.05) is 87.6 Å². The molecule has 3 fully saturated rings. The van der Waals surface area contributed by atoms with E-state index in [-0.39, 0.29) is 94.3 Å². The molecular weight excluding hydrogens is 995 g/mol. The Labute approximate surface area is 445 Å². The van der Waals surface area contributed by atoms with Gasteiger partial charge in [-0.3, -0.25) is 39.8 Å². The van der Waals surface area contributed by atoms with E-state index in [0.29, 0.717) is 29.8 Å². The highest BCUT2D eigenvalue weighted by Gasteiger charge is 2.47. The molecule has 2 aromatic heterocycles. The van der Waals surface area contributed by atoms with Crippen molar-refractivity contribution in [3.05, 3.63) is 77.0 Å². The summed E-state index contributed by atoms with van der Waals surface area (Å²) in [5.41, 5.74) is 2.80. The summed E-state index contributed by atoms with van der Waals surface area (Å²) in [6.45, 7) is 13.2. The first-order chi connectivity index (χ1) is 37.0. The van der Waals surface area contributed by atoms with E-state index in [4.69, 9.17) is 30.4 Å². The van der Waals surface area contributed by atoms with E-state index in [1.807, 2.05) is 0 Å². The maximum Gasteiger partial charge on any atom is 0.429 e. The van der Waals surface area contributed by atoms with Gasteiger partial charge < -0.3 is 34.1 Å². The molecule has 0 radical (unpaired) electrons. The number of hydrogen-bond donors (Lipinski definition) is 3. The number of fused-ring (bicyclic) bond motifs is 3. The van der Waals surface area contributed by atoms with Gasteiger partial charge in [-0.05, 0) is 95.1 Å². The molecule has 3 aromatic carbocycles. The largest absolute Gasteiger partial charge is 0.468 e. The summed E-state index contributed by atoms with van der Waals surface area (Å²) < 4.78 is 55.9. The molecule has 2 saturated heterocycles. The van der Waals surface area contributed by atoms with Gasteiger partial charge in [0.2, 0.25) is 11.8 Å². The van der Waals surface area contributed by atoms with Crippen LogP contribution in [-0.4, -0.2) is 149 Å². The van der Waals surface area contributed by atoms with Crippen LogP contribution in [0.3, 0.4) is 0 Å². The smallest absolute Gasteiger partial charge is 0.429 e. The Balaban J connectivity index is 0.887. The van der Waals surface area contributed by atoms with E-state index in [1.165, 1.54) is 36.5 Å². The van der Waals surface area contributed by atoms with E-state index < -0.39 is 53.0 Å². The summed E-state index contributed by atoms with van der Waals surface area (Å²) in [4.78, 5) is 84.5. The first-order valence-corrected chi connectivity index (χ1v) is 26.1. The van der Waals surface area contributed by atoms with Crippen molar-refractivity contribution in [3.63, 3.8) is 0 Å². The van der Waals surface area contributed by atoms with Crippen LogP contribution < -0.4 is 25.5 Å². The number of piperidine rings is 1. The predicted octanol–water partition coefficient (Wildman–Crippen LogP) is 7.52. The van der Waals surface area contributed by atoms with Gasteiger partial charge in [0.1, 0.15) is 34.4 Å². The second-order valence-electron chi connectivity index (χ2n) is 21.0. The number of aromatic nitrogens is 3. The minimum Gasteiger partial charge on any atom is -0.468 e. The lowest BCUT2D eigenvalue weighted by Crippen LogP contribution is -2.54. The number of rotatable bonds is 21. The number of carbonyl (C=O) groups is 5. The molecule has 5 aromatic rings. The topological polar surface area (TPSA) is 210 Å². The highest BCUT2D eigenvalue weighted by atomic mass is 19.1. The second-order valence-corrected chi connectivity index (χ2v) is 21.0. The SMILES string of the molecule is C#Cc1c(F)ccc2cc(OCOC)cc(-c3ncc4c(NN(CCCCC)C(=O)OC(C)(C)C)nc(OCC5(CN6CCN(CCCNc7cccc8c7C(=O)N(C7CCC(=O)NC7=O)C8=O)CC6)CC5)nc4c3F)c12. The van der Waals surface area contributed by atoms with Crippen LogP contribution in [0.2, 0.25) is 0 Å². The first-order valence-electron chi connectivity index (χ1n) is 26.1. The number of methoxy groups -OCH3 is 1. The molecule has 3 N–H and O–H groups in total. The van der Waals surface area contributed by atoms with Crippen molar-refractivity contribution in [1.82, 2.24) is 40.0 Å². The average molecular weight is 1060 g/mol. The summed E-state index contributed by atoms with van der Waals surface area (Å²) in [6.07, 6.45) is 11.6. The van der Waals surface area contributed by atoms with Gasteiger partial charge in [-0.2, -0.15) is 9.97 Å². The summed E-state index contributed by atoms with van der Waals surface area (Å²) in [7, 11) is 1.47. The molecule has 21 heteroatoms. The summed E-state index contributed by atoms with van der Waals surface area (Å²) in [5, 5.41) is 7.76. The fourth-order valence-corrected chi connectivity index (χ4v) is 10.1. The Kier molecular flexibility index (Phi) is 16.2. The van der Waals surface area contributed by atoms with Gasteiger partial charge in [0.15, 0.2) is 18.4 Å². The number of anilines is 2. The second kappa shape index (κ2) is 23.0. The van der Waals surface area contributed by atoms with E-state index in [2.05, 4.69) is 48.7 Å². The number of pyridine rings is 1. The number of piperazine rings is 1. The first kappa shape index (κ1) is 54.3. The fraction of sp³-hybridized carbons (Fsp3) is 0.464. The van der Waals surface area contributed by atoms with E-state index in [1.54, 1.807) is 45.0 Å². The lowest BCUT2D eigenvalue weighted by molar-refractivity contribution is -0.136. The molecule has 4 aliphatic rings. The molecule has 1 unspecified atom stereocenters. The average Bonchev–Trinajstić information content (AvgIpc) is 4.12. The molecule has 3 aliphatic heterocycles. The van der Waals surface area contributed by atoms with Crippen molar-refractivity contribution in [2.75, 3.05) is 83.6 Å².